The van der Waals surface area contributed by atoms with Crippen molar-refractivity contribution in [3.05, 3.63) is 0 Å². The first kappa shape index (κ1) is 65.1. The molecular formula is C54H116N2O4S. The second-order valence-corrected chi connectivity index (χ2v) is 20.3. The largest absolute Gasteiger partial charge is 0.759 e. The van der Waals surface area contributed by atoms with Crippen molar-refractivity contribution in [2.24, 2.45) is 0 Å². The fraction of sp³-hybridized carbons (Fsp3) is 1.00. The minimum absolute atomic E-state index is 1.35. The standard InChI is InChI=1S/2C27H58N.H2O4S/c2*1-5-9-10-11-12-13-14-15-16-17-18-19-20-21-22-23-27-28(24-6-2,25-7-3)26-8-4;1-5(2,3)4/h2*5-27H2,1-4H3;(H2,1,2,3,4)/q2*+1;/p-2. The van der Waals surface area contributed by atoms with E-state index >= 15 is 0 Å². The Hall–Kier alpha value is -0.210. The van der Waals surface area contributed by atoms with Gasteiger partial charge in [-0.05, 0) is 64.2 Å². The SMILES string of the molecule is CCCCCCCCCCCCCCCCCC[N+](CCC)(CCC)CCC.CCCCCCCCCCCCCCCCCC[N+](CCC)(CCC)CCC.O=S(=O)([O-])[O-]. The van der Waals surface area contributed by atoms with Crippen LogP contribution in [-0.2, 0) is 10.4 Å². The predicted octanol–water partition coefficient (Wildman–Crippen LogP) is 17.3. The molecule has 0 saturated carbocycles. The van der Waals surface area contributed by atoms with Gasteiger partial charge >= 0.3 is 0 Å². The van der Waals surface area contributed by atoms with E-state index in [1.165, 1.54) is 305 Å². The van der Waals surface area contributed by atoms with Crippen LogP contribution < -0.4 is 0 Å². The van der Waals surface area contributed by atoms with E-state index in [4.69, 9.17) is 17.5 Å². The summed E-state index contributed by atoms with van der Waals surface area (Å²) in [6.45, 7) is 30.1. The zero-order valence-corrected chi connectivity index (χ0v) is 44.3. The number of hydrogen-bond acceptors (Lipinski definition) is 4. The molecule has 0 amide bonds. The first-order chi connectivity index (χ1) is 29.5. The van der Waals surface area contributed by atoms with E-state index in [9.17, 15) is 0 Å². The van der Waals surface area contributed by atoms with Crippen molar-refractivity contribution in [3.63, 3.8) is 0 Å². The molecule has 0 aliphatic heterocycles. The lowest BCUT2D eigenvalue weighted by Gasteiger charge is -2.38. The Morgan fingerprint density at radius 3 is 0.492 bits per heavy atom. The highest BCUT2D eigenvalue weighted by Gasteiger charge is 2.24. The van der Waals surface area contributed by atoms with Gasteiger partial charge in [0.25, 0.3) is 0 Å². The van der Waals surface area contributed by atoms with Gasteiger partial charge in [-0.1, -0.05) is 235 Å². The Kier molecular flexibility index (Phi) is 54.2. The highest BCUT2D eigenvalue weighted by atomic mass is 32.3. The molecule has 0 aliphatic rings. The molecule has 0 atom stereocenters. The van der Waals surface area contributed by atoms with Gasteiger partial charge in [0.05, 0.1) is 52.4 Å². The fourth-order valence-corrected chi connectivity index (χ4v) is 10.2. The number of rotatable bonds is 46. The zero-order valence-electron chi connectivity index (χ0n) is 43.5. The molecule has 61 heavy (non-hydrogen) atoms. The first-order valence-electron chi connectivity index (χ1n) is 27.9. The highest BCUT2D eigenvalue weighted by Crippen LogP contribution is 2.19. The van der Waals surface area contributed by atoms with Crippen molar-refractivity contribution in [3.8, 4) is 0 Å². The van der Waals surface area contributed by atoms with E-state index in [1.54, 1.807) is 0 Å². The van der Waals surface area contributed by atoms with Gasteiger partial charge in [-0.25, -0.2) is 0 Å². The third-order valence-corrected chi connectivity index (χ3v) is 13.2. The Morgan fingerprint density at radius 2 is 0.361 bits per heavy atom. The van der Waals surface area contributed by atoms with Gasteiger partial charge in [-0.3, -0.25) is 8.42 Å². The average Bonchev–Trinajstić information content (AvgIpc) is 3.21. The van der Waals surface area contributed by atoms with Crippen LogP contribution in [0.1, 0.15) is 299 Å². The molecule has 0 fully saturated rings. The molecule has 0 aromatic heterocycles. The van der Waals surface area contributed by atoms with Crippen LogP contribution in [0.15, 0.2) is 0 Å². The van der Waals surface area contributed by atoms with Crippen molar-refractivity contribution >= 4 is 10.4 Å². The Bertz CT molecular complexity index is 815. The molecule has 372 valence electrons. The smallest absolute Gasteiger partial charge is 0.0786 e. The molecule has 0 aromatic carbocycles. The maximum Gasteiger partial charge on any atom is 0.0786 e. The van der Waals surface area contributed by atoms with E-state index in [2.05, 4.69) is 55.4 Å². The van der Waals surface area contributed by atoms with Crippen molar-refractivity contribution in [1.29, 1.82) is 0 Å². The minimum Gasteiger partial charge on any atom is -0.759 e. The molecule has 0 aliphatic carbocycles. The van der Waals surface area contributed by atoms with E-state index in [1.807, 2.05) is 0 Å². The number of hydrogen-bond donors (Lipinski definition) is 0. The number of quaternary nitrogens is 2. The van der Waals surface area contributed by atoms with Crippen molar-refractivity contribution in [2.75, 3.05) is 52.4 Å². The molecule has 0 bridgehead atoms. The van der Waals surface area contributed by atoms with Crippen LogP contribution in [0.3, 0.4) is 0 Å². The number of unbranched alkanes of at least 4 members (excludes halogenated alkanes) is 30. The van der Waals surface area contributed by atoms with Crippen molar-refractivity contribution in [1.82, 2.24) is 0 Å². The Morgan fingerprint density at radius 1 is 0.230 bits per heavy atom. The van der Waals surface area contributed by atoms with Gasteiger partial charge in [-0.2, -0.15) is 0 Å². The lowest BCUT2D eigenvalue weighted by atomic mass is 10.0. The van der Waals surface area contributed by atoms with Gasteiger partial charge in [0.1, 0.15) is 0 Å². The molecule has 6 nitrogen and oxygen atoms in total. The van der Waals surface area contributed by atoms with Crippen LogP contribution in [0.25, 0.3) is 0 Å². The second-order valence-electron chi connectivity index (χ2n) is 19.5. The molecule has 7 heteroatoms. The zero-order chi connectivity index (χ0) is 46.0. The third kappa shape index (κ3) is 52.3. The maximum absolute atomic E-state index is 8.52. The average molecular weight is 890 g/mol. The van der Waals surface area contributed by atoms with Crippen molar-refractivity contribution < 1.29 is 26.5 Å². The minimum atomic E-state index is -5.17. The summed E-state index contributed by atoms with van der Waals surface area (Å²) in [5, 5.41) is 0. The van der Waals surface area contributed by atoms with E-state index in [0.29, 0.717) is 0 Å². The quantitative estimate of drug-likeness (QED) is 0.0264. The predicted molar refractivity (Wildman–Crippen MR) is 271 cm³/mol. The summed E-state index contributed by atoms with van der Waals surface area (Å²) in [4.78, 5) is 0. The van der Waals surface area contributed by atoms with Gasteiger partial charge < -0.3 is 18.1 Å². The first-order valence-corrected chi connectivity index (χ1v) is 29.2. The summed E-state index contributed by atoms with van der Waals surface area (Å²) in [6, 6.07) is 0. The van der Waals surface area contributed by atoms with Gasteiger partial charge in [-0.15, -0.1) is 0 Å². The lowest BCUT2D eigenvalue weighted by molar-refractivity contribution is -0.928. The topological polar surface area (TPSA) is 80.3 Å². The highest BCUT2D eigenvalue weighted by molar-refractivity contribution is 7.79. The third-order valence-electron chi connectivity index (χ3n) is 13.2. The van der Waals surface area contributed by atoms with E-state index in [0.717, 1.165) is 0 Å². The summed E-state index contributed by atoms with van der Waals surface area (Å²) in [7, 11) is -5.17. The van der Waals surface area contributed by atoms with Gasteiger partial charge in [0.15, 0.2) is 0 Å². The van der Waals surface area contributed by atoms with Gasteiger partial charge in [0.2, 0.25) is 0 Å². The molecule has 0 unspecified atom stereocenters. The Labute approximate surface area is 387 Å². The molecule has 0 spiro atoms. The lowest BCUT2D eigenvalue weighted by Crippen LogP contribution is -2.50. The van der Waals surface area contributed by atoms with Crippen LogP contribution in [0.5, 0.6) is 0 Å². The second kappa shape index (κ2) is 50.8. The summed E-state index contributed by atoms with van der Waals surface area (Å²) in [5.74, 6) is 0. The summed E-state index contributed by atoms with van der Waals surface area (Å²) in [5.41, 5.74) is 0. The molecule has 0 heterocycles. The van der Waals surface area contributed by atoms with Crippen LogP contribution in [0, 0.1) is 0 Å². The fourth-order valence-electron chi connectivity index (χ4n) is 10.2. The molecule has 0 aromatic rings. The number of nitrogens with zero attached hydrogens (tertiary/aromatic N) is 2. The maximum atomic E-state index is 8.52. The summed E-state index contributed by atoms with van der Waals surface area (Å²) >= 11 is 0. The van der Waals surface area contributed by atoms with Crippen LogP contribution in [-0.4, -0.2) is 78.8 Å². The molecular weight excluding hydrogens is 773 g/mol. The summed E-state index contributed by atoms with van der Waals surface area (Å²) in [6.07, 6.45) is 55.1. The normalized spacial score (nSPS) is 12.0. The summed E-state index contributed by atoms with van der Waals surface area (Å²) < 4.78 is 36.9. The van der Waals surface area contributed by atoms with E-state index in [-0.39, 0.29) is 0 Å². The van der Waals surface area contributed by atoms with Crippen molar-refractivity contribution in [2.45, 2.75) is 299 Å². The molecule has 0 saturated heterocycles. The molecule has 0 radical (unpaired) electrons. The molecule has 0 N–H and O–H groups in total. The molecule has 0 rings (SSSR count). The van der Waals surface area contributed by atoms with Crippen LogP contribution >= 0.6 is 0 Å². The monoisotopic (exact) mass is 889 g/mol. The van der Waals surface area contributed by atoms with Gasteiger partial charge in [0, 0.05) is 10.4 Å². The Balaban J connectivity index is -0.000000991. The van der Waals surface area contributed by atoms with E-state index < -0.39 is 10.4 Å². The van der Waals surface area contributed by atoms with Crippen LogP contribution in [0.4, 0.5) is 0 Å². The van der Waals surface area contributed by atoms with Crippen LogP contribution in [0.2, 0.25) is 0 Å².